The van der Waals surface area contributed by atoms with Crippen molar-refractivity contribution in [1.29, 1.82) is 0 Å². The molecule has 3 aromatic carbocycles. The lowest BCUT2D eigenvalue weighted by Crippen LogP contribution is -1.94. The normalized spacial score (nSPS) is 14.7. The lowest BCUT2D eigenvalue weighted by atomic mass is 9.91. The molecule has 0 saturated carbocycles. The van der Waals surface area contributed by atoms with Gasteiger partial charge in [0.05, 0.1) is 11.4 Å². The molecular formula is C32H26N2O. The SMILES string of the molecule is [2H]C([2H])([2H])c1cnc(-c2cccc3c2oc2nc(-c4c(C)ccc(-c5ccccc5)c4C)ccc23)cc1C([2H])([2H])[2H]. The maximum Gasteiger partial charge on any atom is 0.227 e. The van der Waals surface area contributed by atoms with Crippen LogP contribution in [0.3, 0.4) is 0 Å². The molecule has 0 atom stereocenters. The molecule has 0 aliphatic carbocycles. The highest BCUT2D eigenvalue weighted by molar-refractivity contribution is 6.08. The average Bonchev–Trinajstić information content (AvgIpc) is 3.30. The monoisotopic (exact) mass is 460 g/mol. The summed E-state index contributed by atoms with van der Waals surface area (Å²) in [6, 6.07) is 25.3. The third kappa shape index (κ3) is 3.52. The van der Waals surface area contributed by atoms with Gasteiger partial charge in [-0.1, -0.05) is 54.6 Å². The Bertz CT molecular complexity index is 1940. The van der Waals surface area contributed by atoms with Crippen LogP contribution in [0.5, 0.6) is 0 Å². The Balaban J connectivity index is 1.51. The van der Waals surface area contributed by atoms with Gasteiger partial charge in [0, 0.05) is 36.3 Å². The van der Waals surface area contributed by atoms with Crippen molar-refractivity contribution in [2.75, 3.05) is 0 Å². The number of aryl methyl sites for hydroxylation is 3. The molecule has 6 aromatic rings. The Morgan fingerprint density at radius 1 is 0.714 bits per heavy atom. The van der Waals surface area contributed by atoms with E-state index in [0.29, 0.717) is 22.6 Å². The van der Waals surface area contributed by atoms with Crippen molar-refractivity contribution in [2.45, 2.75) is 27.6 Å². The number of pyridine rings is 2. The molecule has 6 rings (SSSR count). The number of para-hydroxylation sites is 1. The summed E-state index contributed by atoms with van der Waals surface area (Å²) in [5.41, 5.74) is 7.61. The molecule has 170 valence electrons. The number of rotatable bonds is 3. The first-order valence-corrected chi connectivity index (χ1v) is 11.4. The van der Waals surface area contributed by atoms with Gasteiger partial charge in [-0.25, -0.2) is 4.98 Å². The van der Waals surface area contributed by atoms with Gasteiger partial charge in [0.2, 0.25) is 5.71 Å². The lowest BCUT2D eigenvalue weighted by molar-refractivity contribution is 0.655. The zero-order chi connectivity index (χ0) is 29.1. The number of fused-ring (bicyclic) bond motifs is 3. The van der Waals surface area contributed by atoms with Crippen molar-refractivity contribution in [3.63, 3.8) is 0 Å². The number of aromatic nitrogens is 2. The van der Waals surface area contributed by atoms with Gasteiger partial charge in [-0.05, 0) is 85.2 Å². The molecule has 0 radical (unpaired) electrons. The quantitative estimate of drug-likeness (QED) is 0.265. The van der Waals surface area contributed by atoms with E-state index in [1.807, 2.05) is 42.5 Å². The van der Waals surface area contributed by atoms with E-state index in [2.05, 4.69) is 43.1 Å². The first-order valence-electron chi connectivity index (χ1n) is 14.4. The maximum atomic E-state index is 7.94. The zero-order valence-corrected chi connectivity index (χ0v) is 19.4. The van der Waals surface area contributed by atoms with Gasteiger partial charge in [-0.3, -0.25) is 4.98 Å². The van der Waals surface area contributed by atoms with Gasteiger partial charge in [0.25, 0.3) is 0 Å². The fourth-order valence-corrected chi connectivity index (χ4v) is 4.79. The molecule has 3 aromatic heterocycles. The van der Waals surface area contributed by atoms with Crippen LogP contribution in [0, 0.1) is 27.6 Å². The van der Waals surface area contributed by atoms with E-state index in [4.69, 9.17) is 17.6 Å². The Morgan fingerprint density at radius 3 is 2.40 bits per heavy atom. The van der Waals surface area contributed by atoms with Gasteiger partial charge >= 0.3 is 0 Å². The van der Waals surface area contributed by atoms with Crippen LogP contribution in [0.15, 0.2) is 89.5 Å². The third-order valence-electron chi connectivity index (χ3n) is 6.56. The Labute approximate surface area is 213 Å². The molecule has 3 nitrogen and oxygen atoms in total. The molecule has 0 spiro atoms. The summed E-state index contributed by atoms with van der Waals surface area (Å²) in [5, 5.41) is 1.62. The van der Waals surface area contributed by atoms with Crippen LogP contribution >= 0.6 is 0 Å². The van der Waals surface area contributed by atoms with Gasteiger partial charge in [0.15, 0.2) is 0 Å². The zero-order valence-electron chi connectivity index (χ0n) is 25.4. The largest absolute Gasteiger partial charge is 0.437 e. The standard InChI is InChI=1S/C32H26N2O/c1-19-13-14-24(23-9-6-5-7-10-23)22(4)30(19)28-16-15-26-25-11-8-12-27(31(25)35-32(26)34-28)29-17-20(2)21(3)18-33-29/h5-18H,1-4H3/i2D3,3D3. The molecule has 0 aliphatic rings. The fourth-order valence-electron chi connectivity index (χ4n) is 4.79. The number of furan rings is 1. The predicted molar refractivity (Wildman–Crippen MR) is 145 cm³/mol. The number of benzene rings is 3. The molecule has 0 amide bonds. The highest BCUT2D eigenvalue weighted by atomic mass is 16.3. The Morgan fingerprint density at radius 2 is 1.57 bits per heavy atom. The van der Waals surface area contributed by atoms with Gasteiger partial charge in [0.1, 0.15) is 5.58 Å². The molecule has 0 unspecified atom stereocenters. The number of nitrogens with zero attached hydrogens (tertiary/aromatic N) is 2. The Hall–Kier alpha value is -4.24. The van der Waals surface area contributed by atoms with Gasteiger partial charge in [-0.15, -0.1) is 0 Å². The van der Waals surface area contributed by atoms with Crippen LogP contribution in [-0.4, -0.2) is 9.97 Å². The predicted octanol–water partition coefficient (Wildman–Crippen LogP) is 8.61. The van der Waals surface area contributed by atoms with Crippen molar-refractivity contribution in [3.05, 3.63) is 107 Å². The van der Waals surface area contributed by atoms with Crippen molar-refractivity contribution >= 4 is 22.1 Å². The summed E-state index contributed by atoms with van der Waals surface area (Å²) in [5.74, 6) is 0. The second-order valence-electron chi connectivity index (χ2n) is 8.74. The van der Waals surface area contributed by atoms with Crippen molar-refractivity contribution in [1.82, 2.24) is 9.97 Å². The van der Waals surface area contributed by atoms with E-state index in [0.717, 1.165) is 50.5 Å². The average molecular weight is 461 g/mol. The van der Waals surface area contributed by atoms with Crippen LogP contribution < -0.4 is 0 Å². The summed E-state index contributed by atoms with van der Waals surface area (Å²) in [6.45, 7) is -1.06. The van der Waals surface area contributed by atoms with Crippen LogP contribution in [0.4, 0.5) is 0 Å². The maximum absolute atomic E-state index is 7.94. The van der Waals surface area contributed by atoms with Crippen molar-refractivity contribution < 1.29 is 12.6 Å². The first-order chi connectivity index (χ1) is 19.4. The summed E-state index contributed by atoms with van der Waals surface area (Å²) >= 11 is 0. The van der Waals surface area contributed by atoms with E-state index in [1.165, 1.54) is 6.07 Å². The number of hydrogen-bond acceptors (Lipinski definition) is 3. The van der Waals surface area contributed by atoms with E-state index < -0.39 is 13.7 Å². The van der Waals surface area contributed by atoms with Crippen LogP contribution in [0.25, 0.3) is 55.7 Å². The molecule has 0 saturated heterocycles. The molecule has 0 N–H and O–H groups in total. The number of hydrogen-bond donors (Lipinski definition) is 0. The summed E-state index contributed by atoms with van der Waals surface area (Å²) in [4.78, 5) is 9.27. The molecule has 35 heavy (non-hydrogen) atoms. The van der Waals surface area contributed by atoms with E-state index >= 15 is 0 Å². The highest BCUT2D eigenvalue weighted by Gasteiger charge is 2.17. The summed E-state index contributed by atoms with van der Waals surface area (Å²) in [7, 11) is 0. The molecule has 0 aliphatic heterocycles. The van der Waals surface area contributed by atoms with E-state index in [-0.39, 0.29) is 11.1 Å². The van der Waals surface area contributed by atoms with E-state index in [1.54, 1.807) is 6.07 Å². The van der Waals surface area contributed by atoms with Crippen molar-refractivity contribution in [2.24, 2.45) is 0 Å². The molecular weight excluding hydrogens is 428 g/mol. The molecule has 3 heteroatoms. The third-order valence-corrected chi connectivity index (χ3v) is 6.56. The highest BCUT2D eigenvalue weighted by Crippen LogP contribution is 2.38. The van der Waals surface area contributed by atoms with Crippen LogP contribution in [-0.2, 0) is 0 Å². The summed E-state index contributed by atoms with van der Waals surface area (Å²) < 4.78 is 53.4. The van der Waals surface area contributed by atoms with Crippen LogP contribution in [0.2, 0.25) is 0 Å². The molecule has 3 heterocycles. The minimum atomic E-state index is -2.62. The summed E-state index contributed by atoms with van der Waals surface area (Å²) in [6.07, 6.45) is 1.13. The topological polar surface area (TPSA) is 38.9 Å². The van der Waals surface area contributed by atoms with Gasteiger partial charge in [-0.2, -0.15) is 0 Å². The molecule has 0 fully saturated rings. The van der Waals surface area contributed by atoms with Crippen LogP contribution in [0.1, 0.15) is 30.5 Å². The lowest BCUT2D eigenvalue weighted by Gasteiger charge is -2.14. The smallest absolute Gasteiger partial charge is 0.227 e. The second kappa shape index (κ2) is 8.21. The second-order valence-corrected chi connectivity index (χ2v) is 8.74. The first kappa shape index (κ1) is 15.6. The Kier molecular flexibility index (Phi) is 3.66. The fraction of sp³-hybridized carbons (Fsp3) is 0.125. The van der Waals surface area contributed by atoms with Gasteiger partial charge < -0.3 is 4.42 Å². The van der Waals surface area contributed by atoms with E-state index in [9.17, 15) is 0 Å². The molecule has 0 bridgehead atoms. The van der Waals surface area contributed by atoms with Crippen molar-refractivity contribution in [3.8, 4) is 33.6 Å². The minimum absolute atomic E-state index is 0.250. The minimum Gasteiger partial charge on any atom is -0.437 e.